The first-order chi connectivity index (χ1) is 8.08. The lowest BCUT2D eigenvalue weighted by Crippen LogP contribution is -2.42. The molecule has 0 spiro atoms. The van der Waals surface area contributed by atoms with Gasteiger partial charge in [-0.2, -0.15) is 0 Å². The van der Waals surface area contributed by atoms with E-state index < -0.39 is 11.6 Å². The van der Waals surface area contributed by atoms with Crippen molar-refractivity contribution in [1.82, 2.24) is 4.90 Å². The molecule has 1 aliphatic rings. The Labute approximate surface area is 113 Å². The molecule has 1 fully saturated rings. The molecule has 2 rings (SSSR count). The molecule has 1 aromatic rings. The third-order valence-electron chi connectivity index (χ3n) is 3.06. The minimum Gasteiger partial charge on any atom is -0.327 e. The highest BCUT2D eigenvalue weighted by atomic mass is 127. The van der Waals surface area contributed by atoms with Crippen LogP contribution in [-0.2, 0) is 6.54 Å². The summed E-state index contributed by atoms with van der Waals surface area (Å²) in [6.45, 7) is 1.88. The Morgan fingerprint density at radius 2 is 2.18 bits per heavy atom. The zero-order valence-corrected chi connectivity index (χ0v) is 11.6. The van der Waals surface area contributed by atoms with E-state index >= 15 is 0 Å². The van der Waals surface area contributed by atoms with Crippen molar-refractivity contribution in [2.45, 2.75) is 25.4 Å². The Morgan fingerprint density at radius 1 is 1.41 bits per heavy atom. The van der Waals surface area contributed by atoms with Gasteiger partial charge in [0.05, 0.1) is 0 Å². The van der Waals surface area contributed by atoms with E-state index in [2.05, 4.69) is 0 Å². The minimum atomic E-state index is -0.470. The van der Waals surface area contributed by atoms with Crippen molar-refractivity contribution in [2.24, 2.45) is 5.73 Å². The fourth-order valence-electron chi connectivity index (χ4n) is 2.17. The Balaban J connectivity index is 2.15. The van der Waals surface area contributed by atoms with Gasteiger partial charge in [-0.05, 0) is 54.1 Å². The summed E-state index contributed by atoms with van der Waals surface area (Å²) in [6, 6.07) is 2.90. The van der Waals surface area contributed by atoms with E-state index in [1.165, 1.54) is 12.1 Å². The molecule has 0 bridgehead atoms. The maximum absolute atomic E-state index is 13.8. The molecule has 1 heterocycles. The van der Waals surface area contributed by atoms with Crippen molar-refractivity contribution in [2.75, 3.05) is 13.1 Å². The molecule has 1 aliphatic heterocycles. The van der Waals surface area contributed by atoms with Crippen LogP contribution in [0.25, 0.3) is 0 Å². The van der Waals surface area contributed by atoms with Gasteiger partial charge in [-0.1, -0.05) is 0 Å². The minimum absolute atomic E-state index is 0.123. The lowest BCUT2D eigenvalue weighted by atomic mass is 10.1. The van der Waals surface area contributed by atoms with Crippen molar-refractivity contribution in [3.8, 4) is 0 Å². The van der Waals surface area contributed by atoms with Gasteiger partial charge in [0.15, 0.2) is 0 Å². The van der Waals surface area contributed by atoms with E-state index in [1.54, 1.807) is 0 Å². The van der Waals surface area contributed by atoms with Gasteiger partial charge in [-0.25, -0.2) is 8.78 Å². The Morgan fingerprint density at radius 3 is 2.88 bits per heavy atom. The van der Waals surface area contributed by atoms with Crippen molar-refractivity contribution in [1.29, 1.82) is 0 Å². The molecule has 2 N–H and O–H groups in total. The second-order valence-electron chi connectivity index (χ2n) is 4.46. The van der Waals surface area contributed by atoms with E-state index in [4.69, 9.17) is 5.73 Å². The highest BCUT2D eigenvalue weighted by molar-refractivity contribution is 14.1. The first kappa shape index (κ1) is 13.2. The number of rotatable bonds is 2. The van der Waals surface area contributed by atoms with Gasteiger partial charge in [0, 0.05) is 28.3 Å². The molecule has 0 amide bonds. The molecule has 0 aliphatic carbocycles. The first-order valence-electron chi connectivity index (χ1n) is 5.68. The molecule has 94 valence electrons. The largest absolute Gasteiger partial charge is 0.327 e. The Kier molecular flexibility index (Phi) is 4.32. The Bertz CT molecular complexity index is 412. The van der Waals surface area contributed by atoms with E-state index in [9.17, 15) is 8.78 Å². The zero-order valence-electron chi connectivity index (χ0n) is 9.43. The lowest BCUT2D eigenvalue weighted by molar-refractivity contribution is 0.196. The van der Waals surface area contributed by atoms with Crippen molar-refractivity contribution >= 4 is 22.6 Å². The number of hydrogen-bond acceptors (Lipinski definition) is 2. The number of piperidine rings is 1. The average molecular weight is 352 g/mol. The summed E-state index contributed by atoms with van der Waals surface area (Å²) in [4.78, 5) is 2.02. The lowest BCUT2D eigenvalue weighted by Gasteiger charge is -2.30. The molecule has 0 saturated carbocycles. The Hall–Kier alpha value is -0.270. The molecule has 2 nitrogen and oxygen atoms in total. The summed E-state index contributed by atoms with van der Waals surface area (Å²) >= 11 is 1.88. The van der Waals surface area contributed by atoms with Crippen LogP contribution >= 0.6 is 22.6 Å². The van der Waals surface area contributed by atoms with Crippen molar-refractivity contribution in [3.05, 3.63) is 32.9 Å². The summed E-state index contributed by atoms with van der Waals surface area (Å²) < 4.78 is 27.8. The predicted octanol–water partition coefficient (Wildman–Crippen LogP) is 2.49. The van der Waals surface area contributed by atoms with Crippen LogP contribution in [-0.4, -0.2) is 24.0 Å². The number of benzene rings is 1. The fraction of sp³-hybridized carbons (Fsp3) is 0.500. The molecular weight excluding hydrogens is 337 g/mol. The second-order valence-corrected chi connectivity index (χ2v) is 5.62. The van der Waals surface area contributed by atoms with Gasteiger partial charge < -0.3 is 5.73 Å². The molecule has 5 heteroatoms. The smallest absolute Gasteiger partial charge is 0.143 e. The number of likely N-dealkylation sites (tertiary alicyclic amines) is 1. The van der Waals surface area contributed by atoms with Gasteiger partial charge in [0.2, 0.25) is 0 Å². The molecule has 1 atom stereocenters. The van der Waals surface area contributed by atoms with Gasteiger partial charge >= 0.3 is 0 Å². The van der Waals surface area contributed by atoms with Gasteiger partial charge in [0.1, 0.15) is 11.6 Å². The van der Waals surface area contributed by atoms with Crippen LogP contribution in [0.5, 0.6) is 0 Å². The summed E-state index contributed by atoms with van der Waals surface area (Å²) in [5, 5.41) is 0. The molecule has 1 aromatic carbocycles. The number of hydrogen-bond donors (Lipinski definition) is 1. The fourth-order valence-corrected chi connectivity index (χ4v) is 2.68. The molecule has 1 saturated heterocycles. The third kappa shape index (κ3) is 3.14. The van der Waals surface area contributed by atoms with Gasteiger partial charge in [-0.3, -0.25) is 4.90 Å². The highest BCUT2D eigenvalue weighted by Crippen LogP contribution is 2.21. The molecule has 0 radical (unpaired) electrons. The van der Waals surface area contributed by atoms with E-state index in [-0.39, 0.29) is 11.6 Å². The summed E-state index contributed by atoms with van der Waals surface area (Å²) in [5.41, 5.74) is 6.01. The predicted molar refractivity (Wildman–Crippen MR) is 71.6 cm³/mol. The monoisotopic (exact) mass is 352 g/mol. The maximum Gasteiger partial charge on any atom is 0.143 e. The molecule has 0 aromatic heterocycles. The van der Waals surface area contributed by atoms with Gasteiger partial charge in [-0.15, -0.1) is 0 Å². The van der Waals surface area contributed by atoms with Crippen LogP contribution in [0.1, 0.15) is 18.4 Å². The zero-order chi connectivity index (χ0) is 12.4. The van der Waals surface area contributed by atoms with Crippen LogP contribution in [0, 0.1) is 15.2 Å². The summed E-state index contributed by atoms with van der Waals surface area (Å²) in [7, 11) is 0. The third-order valence-corrected chi connectivity index (χ3v) is 3.90. The van der Waals surface area contributed by atoms with Crippen LogP contribution in [0.15, 0.2) is 12.1 Å². The quantitative estimate of drug-likeness (QED) is 0.655. The summed E-state index contributed by atoms with van der Waals surface area (Å²) in [5.74, 6) is -0.910. The van der Waals surface area contributed by atoms with E-state index in [1.807, 2.05) is 27.5 Å². The SMILES string of the molecule is NC1CCCN(Cc2c(F)ccc(I)c2F)C1. The van der Waals surface area contributed by atoms with Crippen molar-refractivity contribution in [3.63, 3.8) is 0 Å². The van der Waals surface area contributed by atoms with Crippen LogP contribution in [0.2, 0.25) is 0 Å². The topological polar surface area (TPSA) is 29.3 Å². The molecular formula is C12H15F2IN2. The second kappa shape index (κ2) is 5.58. The normalized spacial score (nSPS) is 21.8. The first-order valence-corrected chi connectivity index (χ1v) is 6.76. The molecule has 17 heavy (non-hydrogen) atoms. The van der Waals surface area contributed by atoms with Gasteiger partial charge in [0.25, 0.3) is 0 Å². The van der Waals surface area contributed by atoms with Crippen LogP contribution in [0.4, 0.5) is 8.78 Å². The highest BCUT2D eigenvalue weighted by Gasteiger charge is 2.20. The summed E-state index contributed by atoms with van der Waals surface area (Å²) in [6.07, 6.45) is 1.99. The standard InChI is InChI=1S/C12H15F2IN2/c13-10-3-4-11(15)12(14)9(10)7-17-5-1-2-8(16)6-17/h3-4,8H,1-2,5-7,16H2. The number of halogens is 3. The average Bonchev–Trinajstić information content (AvgIpc) is 2.30. The van der Waals surface area contributed by atoms with E-state index in [0.29, 0.717) is 16.7 Å². The maximum atomic E-state index is 13.8. The van der Waals surface area contributed by atoms with Crippen molar-refractivity contribution < 1.29 is 8.78 Å². The van der Waals surface area contributed by atoms with Crippen LogP contribution in [0.3, 0.4) is 0 Å². The van der Waals surface area contributed by atoms with Crippen LogP contribution < -0.4 is 5.73 Å². The van der Waals surface area contributed by atoms with E-state index in [0.717, 1.165) is 19.4 Å². The molecule has 1 unspecified atom stereocenters. The number of nitrogens with two attached hydrogens (primary N) is 1. The number of nitrogens with zero attached hydrogens (tertiary/aromatic N) is 1.